The zero-order valence-corrected chi connectivity index (χ0v) is 14.9. The summed E-state index contributed by atoms with van der Waals surface area (Å²) in [6.07, 6.45) is 7.17. The number of aryl methyl sites for hydroxylation is 2. The van der Waals surface area contributed by atoms with Gasteiger partial charge in [-0.3, -0.25) is 9.48 Å². The summed E-state index contributed by atoms with van der Waals surface area (Å²) in [5.41, 5.74) is 1.74. The van der Waals surface area contributed by atoms with Crippen LogP contribution in [0.1, 0.15) is 28.8 Å². The zero-order chi connectivity index (χ0) is 16.4. The predicted octanol–water partition coefficient (Wildman–Crippen LogP) is 2.28. The monoisotopic (exact) mass is 377 g/mol. The number of nitrogens with one attached hydrogen (secondary N) is 1. The van der Waals surface area contributed by atoms with Gasteiger partial charge in [-0.1, -0.05) is 0 Å². The average Bonchev–Trinajstić information content (AvgIpc) is 2.94. The molecule has 1 amide bonds. The Hall–Kier alpha value is -1.89. The summed E-state index contributed by atoms with van der Waals surface area (Å²) >= 11 is 3.45. The summed E-state index contributed by atoms with van der Waals surface area (Å²) in [4.78, 5) is 19.1. The van der Waals surface area contributed by atoms with Crippen LogP contribution in [0.5, 0.6) is 0 Å². The molecule has 6 nitrogen and oxygen atoms in total. The maximum absolute atomic E-state index is 12.3. The number of hydrogen-bond donors (Lipinski definition) is 1. The molecule has 122 valence electrons. The second-order valence-electron chi connectivity index (χ2n) is 5.96. The van der Waals surface area contributed by atoms with Crippen molar-refractivity contribution in [2.75, 3.05) is 18.0 Å². The summed E-state index contributed by atoms with van der Waals surface area (Å²) in [6.45, 7) is 3.81. The third kappa shape index (κ3) is 3.72. The molecule has 1 aliphatic heterocycles. The fourth-order valence-electron chi connectivity index (χ4n) is 2.96. The van der Waals surface area contributed by atoms with Crippen LogP contribution in [-0.4, -0.2) is 39.8 Å². The fourth-order valence-corrected chi connectivity index (χ4v) is 3.40. The second kappa shape index (κ2) is 6.70. The Kier molecular flexibility index (Phi) is 4.66. The van der Waals surface area contributed by atoms with E-state index in [1.54, 1.807) is 24.1 Å². The van der Waals surface area contributed by atoms with E-state index in [0.29, 0.717) is 5.56 Å². The molecular weight excluding hydrogens is 358 g/mol. The molecule has 1 aliphatic rings. The van der Waals surface area contributed by atoms with Gasteiger partial charge in [-0.25, -0.2) is 4.98 Å². The minimum Gasteiger partial charge on any atom is -0.354 e. The molecule has 1 saturated heterocycles. The van der Waals surface area contributed by atoms with Crippen molar-refractivity contribution in [3.63, 3.8) is 0 Å². The number of carbonyl (C=O) groups excluding carboxylic acids is 1. The molecule has 0 spiro atoms. The summed E-state index contributed by atoms with van der Waals surface area (Å²) in [6, 6.07) is 2.20. The molecule has 2 aromatic rings. The van der Waals surface area contributed by atoms with Crippen LogP contribution in [0.25, 0.3) is 0 Å². The van der Waals surface area contributed by atoms with E-state index in [-0.39, 0.29) is 11.9 Å². The number of hydrogen-bond acceptors (Lipinski definition) is 4. The van der Waals surface area contributed by atoms with Crippen LogP contribution in [0, 0.1) is 6.92 Å². The summed E-state index contributed by atoms with van der Waals surface area (Å²) in [5.74, 6) is 0.930. The maximum atomic E-state index is 12.3. The van der Waals surface area contributed by atoms with Crippen molar-refractivity contribution >= 4 is 27.7 Å². The van der Waals surface area contributed by atoms with E-state index in [1.807, 2.05) is 6.20 Å². The molecule has 1 unspecified atom stereocenters. The summed E-state index contributed by atoms with van der Waals surface area (Å²) < 4.78 is 2.62. The van der Waals surface area contributed by atoms with Crippen molar-refractivity contribution in [3.8, 4) is 0 Å². The number of nitrogens with zero attached hydrogens (tertiary/aromatic N) is 4. The molecule has 2 aromatic heterocycles. The number of amides is 1. The fraction of sp³-hybridized carbons (Fsp3) is 0.438. The highest BCUT2D eigenvalue weighted by molar-refractivity contribution is 9.10. The summed E-state index contributed by atoms with van der Waals surface area (Å²) in [7, 11) is 1.81. The Balaban J connectivity index is 1.67. The second-order valence-corrected chi connectivity index (χ2v) is 6.87. The van der Waals surface area contributed by atoms with Crippen LogP contribution in [-0.2, 0) is 7.05 Å². The standard InChI is InChI=1S/C16H20BrN5O/c1-11-6-13(17)8-18-15(11)22-5-3-4-14(10-22)20-16(23)12-7-19-21(2)9-12/h6-9,14H,3-5,10H2,1-2H3,(H,20,23). The molecule has 23 heavy (non-hydrogen) atoms. The highest BCUT2D eigenvalue weighted by atomic mass is 79.9. The lowest BCUT2D eigenvalue weighted by Gasteiger charge is -2.34. The van der Waals surface area contributed by atoms with E-state index in [2.05, 4.69) is 49.2 Å². The number of aromatic nitrogens is 3. The number of piperidine rings is 1. The molecule has 1 fully saturated rings. The first-order chi connectivity index (χ1) is 11.0. The molecule has 7 heteroatoms. The van der Waals surface area contributed by atoms with Gasteiger partial charge in [0.25, 0.3) is 5.91 Å². The van der Waals surface area contributed by atoms with E-state index in [0.717, 1.165) is 41.8 Å². The van der Waals surface area contributed by atoms with Crippen LogP contribution in [0.3, 0.4) is 0 Å². The van der Waals surface area contributed by atoms with Crippen LogP contribution >= 0.6 is 15.9 Å². The minimum absolute atomic E-state index is 0.0644. The smallest absolute Gasteiger partial charge is 0.254 e. The number of carbonyl (C=O) groups is 1. The molecule has 1 N–H and O–H groups in total. The van der Waals surface area contributed by atoms with Crippen molar-refractivity contribution in [1.82, 2.24) is 20.1 Å². The van der Waals surface area contributed by atoms with Gasteiger partial charge in [0.05, 0.1) is 11.8 Å². The van der Waals surface area contributed by atoms with E-state index in [1.165, 1.54) is 0 Å². The molecule has 3 heterocycles. The number of halogens is 1. The maximum Gasteiger partial charge on any atom is 0.254 e. The normalized spacial score (nSPS) is 18.0. The van der Waals surface area contributed by atoms with Gasteiger partial charge in [-0.2, -0.15) is 5.10 Å². The Morgan fingerprint density at radius 2 is 2.26 bits per heavy atom. The van der Waals surface area contributed by atoms with Crippen LogP contribution in [0.2, 0.25) is 0 Å². The van der Waals surface area contributed by atoms with Crippen molar-refractivity contribution < 1.29 is 4.79 Å². The van der Waals surface area contributed by atoms with Gasteiger partial charge in [-0.15, -0.1) is 0 Å². The molecule has 0 aromatic carbocycles. The van der Waals surface area contributed by atoms with E-state index in [9.17, 15) is 4.79 Å². The molecular formula is C16H20BrN5O. The van der Waals surface area contributed by atoms with Crippen LogP contribution in [0.15, 0.2) is 29.1 Å². The van der Waals surface area contributed by atoms with Crippen LogP contribution in [0.4, 0.5) is 5.82 Å². The highest BCUT2D eigenvalue weighted by Crippen LogP contribution is 2.24. The topological polar surface area (TPSA) is 63.1 Å². The Morgan fingerprint density at radius 3 is 2.96 bits per heavy atom. The quantitative estimate of drug-likeness (QED) is 0.890. The van der Waals surface area contributed by atoms with E-state index in [4.69, 9.17) is 0 Å². The molecule has 0 aliphatic carbocycles. The first kappa shape index (κ1) is 16.0. The number of rotatable bonds is 3. The van der Waals surface area contributed by atoms with Gasteiger partial charge in [-0.05, 0) is 47.3 Å². The van der Waals surface area contributed by atoms with E-state index >= 15 is 0 Å². The molecule has 0 bridgehead atoms. The van der Waals surface area contributed by atoms with Crippen molar-refractivity contribution in [3.05, 3.63) is 40.3 Å². The number of pyridine rings is 1. The Morgan fingerprint density at radius 1 is 1.43 bits per heavy atom. The van der Waals surface area contributed by atoms with Gasteiger partial charge < -0.3 is 10.2 Å². The molecule has 0 radical (unpaired) electrons. The molecule has 3 rings (SSSR count). The van der Waals surface area contributed by atoms with Crippen molar-refractivity contribution in [2.45, 2.75) is 25.8 Å². The lowest BCUT2D eigenvalue weighted by molar-refractivity contribution is 0.0933. The molecule has 0 saturated carbocycles. The first-order valence-electron chi connectivity index (χ1n) is 7.69. The number of anilines is 1. The largest absolute Gasteiger partial charge is 0.354 e. The Bertz CT molecular complexity index is 714. The van der Waals surface area contributed by atoms with Gasteiger partial charge in [0.2, 0.25) is 0 Å². The van der Waals surface area contributed by atoms with Crippen molar-refractivity contribution in [2.24, 2.45) is 7.05 Å². The minimum atomic E-state index is -0.0644. The van der Waals surface area contributed by atoms with Crippen molar-refractivity contribution in [1.29, 1.82) is 0 Å². The lowest BCUT2D eigenvalue weighted by atomic mass is 10.0. The Labute approximate surface area is 144 Å². The summed E-state index contributed by atoms with van der Waals surface area (Å²) in [5, 5.41) is 7.15. The SMILES string of the molecule is Cc1cc(Br)cnc1N1CCCC(NC(=O)c2cnn(C)c2)C1. The van der Waals surface area contributed by atoms with Crippen LogP contribution < -0.4 is 10.2 Å². The lowest BCUT2D eigenvalue weighted by Crippen LogP contribution is -2.48. The van der Waals surface area contributed by atoms with Gasteiger partial charge in [0.15, 0.2) is 0 Å². The van der Waals surface area contributed by atoms with Gasteiger partial charge >= 0.3 is 0 Å². The highest BCUT2D eigenvalue weighted by Gasteiger charge is 2.24. The molecule has 1 atom stereocenters. The van der Waals surface area contributed by atoms with Gasteiger partial charge in [0.1, 0.15) is 5.82 Å². The van der Waals surface area contributed by atoms with E-state index < -0.39 is 0 Å². The average molecular weight is 378 g/mol. The first-order valence-corrected chi connectivity index (χ1v) is 8.49. The third-order valence-electron chi connectivity index (χ3n) is 4.04. The van der Waals surface area contributed by atoms with Gasteiger partial charge in [0, 0.05) is 43.0 Å². The third-order valence-corrected chi connectivity index (χ3v) is 4.47. The zero-order valence-electron chi connectivity index (χ0n) is 13.3. The predicted molar refractivity (Wildman–Crippen MR) is 92.6 cm³/mol.